The minimum absolute atomic E-state index is 0.224. The Hall–Kier alpha value is -2.82. The largest absolute Gasteiger partial charge is 0.497 e. The van der Waals surface area contributed by atoms with E-state index in [1.165, 1.54) is 51.9 Å². The van der Waals surface area contributed by atoms with Gasteiger partial charge in [-0.3, -0.25) is 4.79 Å². The first kappa shape index (κ1) is 19.9. The van der Waals surface area contributed by atoms with Gasteiger partial charge in [-0.1, -0.05) is 43.5 Å². The number of esters is 1. The van der Waals surface area contributed by atoms with Gasteiger partial charge in [-0.25, -0.2) is 4.79 Å². The highest BCUT2D eigenvalue weighted by Gasteiger charge is 2.17. The van der Waals surface area contributed by atoms with Crippen LogP contribution in [0.15, 0.2) is 42.5 Å². The van der Waals surface area contributed by atoms with E-state index in [4.69, 9.17) is 14.2 Å². The summed E-state index contributed by atoms with van der Waals surface area (Å²) in [5.41, 5.74) is 2.11. The molecule has 2 aromatic carbocycles. The molecule has 0 N–H and O–H groups in total. The van der Waals surface area contributed by atoms with E-state index in [0.29, 0.717) is 23.0 Å². The molecule has 2 aromatic rings. The first-order valence-electron chi connectivity index (χ1n) is 9.64. The second-order valence-electron chi connectivity index (χ2n) is 7.06. The summed E-state index contributed by atoms with van der Waals surface area (Å²) < 4.78 is 15.5. The number of methoxy groups -OCH3 is 2. The van der Waals surface area contributed by atoms with Crippen LogP contribution in [0.3, 0.4) is 0 Å². The van der Waals surface area contributed by atoms with Crippen molar-refractivity contribution in [3.63, 3.8) is 0 Å². The first-order chi connectivity index (χ1) is 13.6. The smallest absolute Gasteiger partial charge is 0.338 e. The van der Waals surface area contributed by atoms with E-state index in [-0.39, 0.29) is 18.0 Å². The van der Waals surface area contributed by atoms with Crippen LogP contribution in [0, 0.1) is 0 Å². The molecule has 0 spiro atoms. The molecular formula is C23H26O5. The van der Waals surface area contributed by atoms with Crippen molar-refractivity contribution in [3.05, 3.63) is 59.2 Å². The van der Waals surface area contributed by atoms with Gasteiger partial charge in [-0.15, -0.1) is 0 Å². The maximum absolute atomic E-state index is 12.4. The summed E-state index contributed by atoms with van der Waals surface area (Å²) in [5, 5.41) is 0. The van der Waals surface area contributed by atoms with E-state index in [0.717, 1.165) is 0 Å². The summed E-state index contributed by atoms with van der Waals surface area (Å²) in [4.78, 5) is 24.7. The third kappa shape index (κ3) is 4.91. The Bertz CT molecular complexity index is 797. The molecule has 1 fully saturated rings. The molecule has 0 atom stereocenters. The van der Waals surface area contributed by atoms with E-state index in [1.807, 2.05) is 24.3 Å². The summed E-state index contributed by atoms with van der Waals surface area (Å²) >= 11 is 0. The highest BCUT2D eigenvalue weighted by atomic mass is 16.5. The molecule has 1 aliphatic carbocycles. The Kier molecular flexibility index (Phi) is 6.69. The fourth-order valence-electron chi connectivity index (χ4n) is 3.60. The van der Waals surface area contributed by atoms with Crippen molar-refractivity contribution in [2.45, 2.75) is 38.0 Å². The summed E-state index contributed by atoms with van der Waals surface area (Å²) in [7, 11) is 3.01. The maximum Gasteiger partial charge on any atom is 0.338 e. The predicted octanol–water partition coefficient (Wildman–Crippen LogP) is 4.79. The van der Waals surface area contributed by atoms with Gasteiger partial charge in [0, 0.05) is 11.6 Å². The van der Waals surface area contributed by atoms with Crippen molar-refractivity contribution >= 4 is 11.8 Å². The molecule has 28 heavy (non-hydrogen) atoms. The summed E-state index contributed by atoms with van der Waals surface area (Å²) in [6, 6.07) is 12.5. The lowest BCUT2D eigenvalue weighted by molar-refractivity contribution is 0.0474. The van der Waals surface area contributed by atoms with Crippen molar-refractivity contribution in [2.75, 3.05) is 20.8 Å². The monoisotopic (exact) mass is 382 g/mol. The molecule has 0 aromatic heterocycles. The number of ketones is 1. The first-order valence-corrected chi connectivity index (χ1v) is 9.64. The molecular weight excluding hydrogens is 356 g/mol. The minimum atomic E-state index is -0.593. The number of Topliss-reactive ketones (excluding diaryl/α,β-unsaturated/α-hetero) is 1. The van der Waals surface area contributed by atoms with Gasteiger partial charge in [0.1, 0.15) is 11.5 Å². The van der Waals surface area contributed by atoms with Gasteiger partial charge in [0.15, 0.2) is 12.4 Å². The Morgan fingerprint density at radius 3 is 2.04 bits per heavy atom. The van der Waals surface area contributed by atoms with Crippen molar-refractivity contribution in [3.8, 4) is 11.5 Å². The second kappa shape index (κ2) is 9.40. The Labute approximate surface area is 165 Å². The van der Waals surface area contributed by atoms with Crippen molar-refractivity contribution in [1.82, 2.24) is 0 Å². The molecule has 0 heterocycles. The number of carbonyl (C=O) groups is 2. The lowest BCUT2D eigenvalue weighted by atomic mass is 9.84. The molecule has 0 unspecified atom stereocenters. The Morgan fingerprint density at radius 2 is 1.46 bits per heavy atom. The highest BCUT2D eigenvalue weighted by molar-refractivity contribution is 5.99. The van der Waals surface area contributed by atoms with Crippen LogP contribution in [0.2, 0.25) is 0 Å². The quantitative estimate of drug-likeness (QED) is 0.509. The van der Waals surface area contributed by atoms with Gasteiger partial charge < -0.3 is 14.2 Å². The van der Waals surface area contributed by atoms with E-state index < -0.39 is 5.97 Å². The van der Waals surface area contributed by atoms with Crippen LogP contribution in [-0.4, -0.2) is 32.6 Å². The van der Waals surface area contributed by atoms with E-state index in [1.54, 1.807) is 18.2 Å². The van der Waals surface area contributed by atoms with Crippen molar-refractivity contribution in [2.24, 2.45) is 0 Å². The van der Waals surface area contributed by atoms with Crippen LogP contribution >= 0.6 is 0 Å². The summed E-state index contributed by atoms with van der Waals surface area (Å²) in [6.07, 6.45) is 6.30. The van der Waals surface area contributed by atoms with Crippen LogP contribution in [0.5, 0.6) is 11.5 Å². The van der Waals surface area contributed by atoms with Gasteiger partial charge in [-0.2, -0.15) is 0 Å². The number of rotatable bonds is 7. The van der Waals surface area contributed by atoms with Crippen LogP contribution < -0.4 is 9.47 Å². The lowest BCUT2D eigenvalue weighted by Gasteiger charge is -2.22. The average Bonchev–Trinajstić information content (AvgIpc) is 2.77. The molecule has 148 valence electrons. The highest BCUT2D eigenvalue weighted by Crippen LogP contribution is 2.32. The third-order valence-electron chi connectivity index (χ3n) is 5.23. The molecule has 0 saturated heterocycles. The molecule has 1 aliphatic rings. The zero-order valence-electron chi connectivity index (χ0n) is 16.4. The number of carbonyl (C=O) groups excluding carboxylic acids is 2. The van der Waals surface area contributed by atoms with Crippen molar-refractivity contribution in [1.29, 1.82) is 0 Å². The molecule has 5 heteroatoms. The lowest BCUT2D eigenvalue weighted by Crippen LogP contribution is -2.14. The SMILES string of the molecule is COc1cc(OC)cc(C(=O)OCC(=O)c2ccc(C3CCCCC3)cc2)c1. The van der Waals surface area contributed by atoms with Gasteiger partial charge in [0.2, 0.25) is 0 Å². The van der Waals surface area contributed by atoms with E-state index in [2.05, 4.69) is 0 Å². The number of ether oxygens (including phenoxy) is 3. The zero-order chi connectivity index (χ0) is 19.9. The Morgan fingerprint density at radius 1 is 0.857 bits per heavy atom. The number of hydrogen-bond acceptors (Lipinski definition) is 5. The fourth-order valence-corrected chi connectivity index (χ4v) is 3.60. The summed E-state index contributed by atoms with van der Waals surface area (Å²) in [6.45, 7) is -0.304. The Balaban J connectivity index is 1.59. The van der Waals surface area contributed by atoms with Gasteiger partial charge in [0.25, 0.3) is 0 Å². The molecule has 0 bridgehead atoms. The molecule has 0 aliphatic heterocycles. The predicted molar refractivity (Wildman–Crippen MR) is 106 cm³/mol. The number of benzene rings is 2. The molecule has 3 rings (SSSR count). The molecule has 5 nitrogen and oxygen atoms in total. The van der Waals surface area contributed by atoms with E-state index in [9.17, 15) is 9.59 Å². The normalized spacial score (nSPS) is 14.4. The van der Waals surface area contributed by atoms with Crippen LogP contribution in [0.4, 0.5) is 0 Å². The average molecular weight is 382 g/mol. The minimum Gasteiger partial charge on any atom is -0.497 e. The molecule has 1 saturated carbocycles. The second-order valence-corrected chi connectivity index (χ2v) is 7.06. The number of hydrogen-bond donors (Lipinski definition) is 0. The fraction of sp³-hybridized carbons (Fsp3) is 0.391. The van der Waals surface area contributed by atoms with Gasteiger partial charge in [0.05, 0.1) is 19.8 Å². The van der Waals surface area contributed by atoms with Crippen LogP contribution in [0.25, 0.3) is 0 Å². The van der Waals surface area contributed by atoms with Crippen LogP contribution in [-0.2, 0) is 4.74 Å². The maximum atomic E-state index is 12.4. The van der Waals surface area contributed by atoms with Crippen LogP contribution in [0.1, 0.15) is 64.3 Å². The summed E-state index contributed by atoms with van der Waals surface area (Å²) in [5.74, 6) is 0.744. The third-order valence-corrected chi connectivity index (χ3v) is 5.23. The molecule has 0 amide bonds. The van der Waals surface area contributed by atoms with Gasteiger partial charge in [-0.05, 0) is 36.5 Å². The van der Waals surface area contributed by atoms with E-state index >= 15 is 0 Å². The molecule has 0 radical (unpaired) electrons. The zero-order valence-corrected chi connectivity index (χ0v) is 16.4. The standard InChI is InChI=1S/C23H26O5/c1-26-20-12-19(13-21(14-20)27-2)23(25)28-15-22(24)18-10-8-17(9-11-18)16-6-4-3-5-7-16/h8-14,16H,3-7,15H2,1-2H3. The topological polar surface area (TPSA) is 61.8 Å². The van der Waals surface area contributed by atoms with Gasteiger partial charge >= 0.3 is 5.97 Å². The van der Waals surface area contributed by atoms with Crippen molar-refractivity contribution < 1.29 is 23.8 Å².